The molecule has 0 aliphatic carbocycles. The van der Waals surface area contributed by atoms with E-state index in [1.54, 1.807) is 24.4 Å². The fourth-order valence-electron chi connectivity index (χ4n) is 2.58. The molecular weight excluding hydrogens is 295 g/mol. The second kappa shape index (κ2) is 7.87. The summed E-state index contributed by atoms with van der Waals surface area (Å²) in [5.74, 6) is 1.14. The molecule has 23 heavy (non-hydrogen) atoms. The number of anilines is 2. The summed E-state index contributed by atoms with van der Waals surface area (Å²) < 4.78 is 19.1. The third-order valence-electron chi connectivity index (χ3n) is 3.83. The monoisotopic (exact) mass is 316 g/mol. The SMILES string of the molecule is Fc1ccccc1CCNc1ccnc(NCC2CCCO2)n1. The third kappa shape index (κ3) is 4.63. The largest absolute Gasteiger partial charge is 0.376 e. The van der Waals surface area contributed by atoms with Gasteiger partial charge in [0.2, 0.25) is 5.95 Å². The van der Waals surface area contributed by atoms with Gasteiger partial charge in [0.25, 0.3) is 0 Å². The van der Waals surface area contributed by atoms with Gasteiger partial charge >= 0.3 is 0 Å². The van der Waals surface area contributed by atoms with E-state index in [4.69, 9.17) is 4.74 Å². The quantitative estimate of drug-likeness (QED) is 0.822. The number of halogens is 1. The molecule has 0 bridgehead atoms. The first-order chi connectivity index (χ1) is 11.3. The summed E-state index contributed by atoms with van der Waals surface area (Å²) in [6.07, 6.45) is 4.75. The molecular formula is C17H21FN4O. The van der Waals surface area contributed by atoms with Gasteiger partial charge in [-0.2, -0.15) is 4.98 Å². The summed E-state index contributed by atoms with van der Waals surface area (Å²) >= 11 is 0. The highest BCUT2D eigenvalue weighted by Gasteiger charge is 2.15. The Balaban J connectivity index is 1.48. The van der Waals surface area contributed by atoms with Crippen molar-refractivity contribution in [3.63, 3.8) is 0 Å². The predicted octanol–water partition coefficient (Wildman–Crippen LogP) is 2.86. The van der Waals surface area contributed by atoms with Crippen LogP contribution in [-0.2, 0) is 11.2 Å². The molecule has 1 atom stereocenters. The van der Waals surface area contributed by atoms with E-state index in [0.717, 1.165) is 31.8 Å². The van der Waals surface area contributed by atoms with Crippen LogP contribution >= 0.6 is 0 Å². The lowest BCUT2D eigenvalue weighted by atomic mass is 10.1. The first-order valence-corrected chi connectivity index (χ1v) is 7.97. The van der Waals surface area contributed by atoms with Gasteiger partial charge in [0.15, 0.2) is 0 Å². The van der Waals surface area contributed by atoms with Crippen molar-refractivity contribution < 1.29 is 9.13 Å². The minimum absolute atomic E-state index is 0.170. The van der Waals surface area contributed by atoms with Crippen LogP contribution in [0.1, 0.15) is 18.4 Å². The Morgan fingerprint density at radius 3 is 2.96 bits per heavy atom. The maximum atomic E-state index is 13.6. The van der Waals surface area contributed by atoms with Gasteiger partial charge in [-0.05, 0) is 37.0 Å². The van der Waals surface area contributed by atoms with E-state index < -0.39 is 0 Å². The first kappa shape index (κ1) is 15.7. The van der Waals surface area contributed by atoms with Crippen LogP contribution in [-0.4, -0.2) is 35.8 Å². The molecule has 0 spiro atoms. The highest BCUT2D eigenvalue weighted by Crippen LogP contribution is 2.13. The van der Waals surface area contributed by atoms with Crippen molar-refractivity contribution in [2.45, 2.75) is 25.4 Å². The van der Waals surface area contributed by atoms with Gasteiger partial charge < -0.3 is 15.4 Å². The number of hydrogen-bond donors (Lipinski definition) is 2. The fourth-order valence-corrected chi connectivity index (χ4v) is 2.58. The van der Waals surface area contributed by atoms with Gasteiger partial charge in [-0.3, -0.25) is 0 Å². The Bertz CT molecular complexity index is 631. The molecule has 1 aromatic carbocycles. The molecule has 1 aliphatic heterocycles. The molecule has 5 nitrogen and oxygen atoms in total. The van der Waals surface area contributed by atoms with Crippen molar-refractivity contribution in [2.75, 3.05) is 30.3 Å². The number of benzene rings is 1. The second-order valence-corrected chi connectivity index (χ2v) is 5.55. The van der Waals surface area contributed by atoms with Crippen LogP contribution in [0, 0.1) is 5.82 Å². The molecule has 0 radical (unpaired) electrons. The average Bonchev–Trinajstić information content (AvgIpc) is 3.09. The lowest BCUT2D eigenvalue weighted by Gasteiger charge is -2.11. The summed E-state index contributed by atoms with van der Waals surface area (Å²) in [6, 6.07) is 8.62. The molecule has 0 saturated carbocycles. The Kier molecular flexibility index (Phi) is 5.37. The molecule has 1 aromatic heterocycles. The summed E-state index contributed by atoms with van der Waals surface area (Å²) in [4.78, 5) is 8.61. The molecule has 1 saturated heterocycles. The Morgan fingerprint density at radius 1 is 1.22 bits per heavy atom. The number of aromatic nitrogens is 2. The molecule has 1 aliphatic rings. The van der Waals surface area contributed by atoms with Gasteiger partial charge in [0.05, 0.1) is 6.10 Å². The van der Waals surface area contributed by atoms with Crippen LogP contribution in [0.3, 0.4) is 0 Å². The summed E-state index contributed by atoms with van der Waals surface area (Å²) in [5.41, 5.74) is 0.700. The molecule has 3 rings (SSSR count). The van der Waals surface area contributed by atoms with E-state index in [2.05, 4.69) is 20.6 Å². The highest BCUT2D eigenvalue weighted by atomic mass is 19.1. The van der Waals surface area contributed by atoms with Gasteiger partial charge in [-0.25, -0.2) is 9.37 Å². The fraction of sp³-hybridized carbons (Fsp3) is 0.412. The maximum absolute atomic E-state index is 13.6. The normalized spacial score (nSPS) is 17.2. The second-order valence-electron chi connectivity index (χ2n) is 5.55. The van der Waals surface area contributed by atoms with Crippen LogP contribution in [0.2, 0.25) is 0 Å². The van der Waals surface area contributed by atoms with E-state index in [0.29, 0.717) is 24.5 Å². The van der Waals surface area contributed by atoms with Crippen LogP contribution in [0.25, 0.3) is 0 Å². The van der Waals surface area contributed by atoms with Gasteiger partial charge in [0.1, 0.15) is 11.6 Å². The maximum Gasteiger partial charge on any atom is 0.224 e. The zero-order chi connectivity index (χ0) is 15.9. The highest BCUT2D eigenvalue weighted by molar-refractivity contribution is 5.39. The van der Waals surface area contributed by atoms with E-state index in [1.165, 1.54) is 6.07 Å². The number of nitrogens with zero attached hydrogens (tertiary/aromatic N) is 2. The zero-order valence-electron chi connectivity index (χ0n) is 13.0. The summed E-state index contributed by atoms with van der Waals surface area (Å²) in [7, 11) is 0. The van der Waals surface area contributed by atoms with Crippen LogP contribution < -0.4 is 10.6 Å². The topological polar surface area (TPSA) is 59.1 Å². The minimum Gasteiger partial charge on any atom is -0.376 e. The Hall–Kier alpha value is -2.21. The summed E-state index contributed by atoms with van der Waals surface area (Å²) in [5, 5.41) is 6.40. The Morgan fingerprint density at radius 2 is 2.13 bits per heavy atom. The molecule has 0 amide bonds. The van der Waals surface area contributed by atoms with E-state index in [-0.39, 0.29) is 11.9 Å². The van der Waals surface area contributed by atoms with Crippen LogP contribution in [0.5, 0.6) is 0 Å². The molecule has 122 valence electrons. The first-order valence-electron chi connectivity index (χ1n) is 7.97. The summed E-state index contributed by atoms with van der Waals surface area (Å²) in [6.45, 7) is 2.17. The molecule has 6 heteroatoms. The number of hydrogen-bond acceptors (Lipinski definition) is 5. The number of rotatable bonds is 7. The Labute approximate surface area is 135 Å². The van der Waals surface area contributed by atoms with Crippen molar-refractivity contribution in [1.29, 1.82) is 0 Å². The molecule has 1 unspecified atom stereocenters. The standard InChI is InChI=1S/C17H21FN4O/c18-15-6-2-1-4-13(15)7-9-19-16-8-10-20-17(22-16)21-12-14-5-3-11-23-14/h1-2,4,6,8,10,14H,3,5,7,9,11-12H2,(H2,19,20,21,22). The number of ether oxygens (including phenoxy) is 1. The van der Waals surface area contributed by atoms with E-state index in [9.17, 15) is 4.39 Å². The molecule has 2 heterocycles. The van der Waals surface area contributed by atoms with Gasteiger partial charge in [-0.1, -0.05) is 18.2 Å². The average molecular weight is 316 g/mol. The van der Waals surface area contributed by atoms with Gasteiger partial charge in [0, 0.05) is 25.9 Å². The third-order valence-corrected chi connectivity index (χ3v) is 3.83. The van der Waals surface area contributed by atoms with E-state index in [1.807, 2.05) is 6.07 Å². The predicted molar refractivity (Wildman–Crippen MR) is 88.1 cm³/mol. The molecule has 2 aromatic rings. The number of nitrogens with one attached hydrogen (secondary N) is 2. The van der Waals surface area contributed by atoms with Crippen LogP contribution in [0.15, 0.2) is 36.5 Å². The lowest BCUT2D eigenvalue weighted by Crippen LogP contribution is -2.19. The van der Waals surface area contributed by atoms with E-state index >= 15 is 0 Å². The van der Waals surface area contributed by atoms with Crippen LogP contribution in [0.4, 0.5) is 16.2 Å². The molecule has 2 N–H and O–H groups in total. The zero-order valence-corrected chi connectivity index (χ0v) is 13.0. The van der Waals surface area contributed by atoms with Crippen molar-refractivity contribution >= 4 is 11.8 Å². The van der Waals surface area contributed by atoms with Crippen molar-refractivity contribution in [3.05, 3.63) is 47.9 Å². The van der Waals surface area contributed by atoms with Crippen molar-refractivity contribution in [3.8, 4) is 0 Å². The molecule has 1 fully saturated rings. The minimum atomic E-state index is -0.170. The van der Waals surface area contributed by atoms with Crippen molar-refractivity contribution in [1.82, 2.24) is 9.97 Å². The smallest absolute Gasteiger partial charge is 0.224 e. The van der Waals surface area contributed by atoms with Gasteiger partial charge in [-0.15, -0.1) is 0 Å². The lowest BCUT2D eigenvalue weighted by molar-refractivity contribution is 0.120. The van der Waals surface area contributed by atoms with Crippen molar-refractivity contribution in [2.24, 2.45) is 0 Å².